The van der Waals surface area contributed by atoms with Gasteiger partial charge >= 0.3 is 0 Å². The Kier molecular flexibility index (Phi) is 4.25. The van der Waals surface area contributed by atoms with Crippen LogP contribution in [0.4, 0.5) is 5.69 Å². The van der Waals surface area contributed by atoms with Crippen molar-refractivity contribution in [2.75, 3.05) is 12.4 Å². The summed E-state index contributed by atoms with van der Waals surface area (Å²) in [7, 11) is 1.65. The predicted molar refractivity (Wildman–Crippen MR) is 80.0 cm³/mol. The second-order valence-electron chi connectivity index (χ2n) is 4.61. The number of rotatable bonds is 5. The van der Waals surface area contributed by atoms with Crippen LogP contribution in [-0.4, -0.2) is 13.0 Å². The number of primary amides is 1. The lowest BCUT2D eigenvalue weighted by atomic mass is 10.1. The number of carbonyl (C=O) groups excluding carboxylic acids is 1. The molecule has 2 rings (SSSR count). The average molecular weight is 270 g/mol. The molecule has 2 aromatic rings. The van der Waals surface area contributed by atoms with E-state index in [-0.39, 0.29) is 0 Å². The molecular formula is C16H18N2O2. The summed E-state index contributed by atoms with van der Waals surface area (Å²) in [5.74, 6) is 0.413. The number of hydrogen-bond donors (Lipinski definition) is 2. The maximum absolute atomic E-state index is 11.1. The van der Waals surface area contributed by atoms with Crippen LogP contribution in [0.2, 0.25) is 0 Å². The summed E-state index contributed by atoms with van der Waals surface area (Å²) >= 11 is 0. The molecular weight excluding hydrogens is 252 g/mol. The Labute approximate surface area is 118 Å². The Morgan fingerprint density at radius 2 is 2.05 bits per heavy atom. The highest BCUT2D eigenvalue weighted by atomic mass is 16.5. The van der Waals surface area contributed by atoms with E-state index in [4.69, 9.17) is 10.5 Å². The van der Waals surface area contributed by atoms with Crippen molar-refractivity contribution in [2.24, 2.45) is 5.73 Å². The lowest BCUT2D eigenvalue weighted by Crippen LogP contribution is -2.11. The molecule has 0 saturated carbocycles. The van der Waals surface area contributed by atoms with E-state index in [1.807, 2.05) is 25.1 Å². The third kappa shape index (κ3) is 3.29. The number of benzene rings is 2. The monoisotopic (exact) mass is 270 g/mol. The highest BCUT2D eigenvalue weighted by Crippen LogP contribution is 2.21. The molecule has 0 saturated heterocycles. The number of amides is 1. The van der Waals surface area contributed by atoms with E-state index in [1.54, 1.807) is 25.3 Å². The summed E-state index contributed by atoms with van der Waals surface area (Å²) in [4.78, 5) is 11.1. The van der Waals surface area contributed by atoms with Crippen molar-refractivity contribution < 1.29 is 9.53 Å². The second-order valence-corrected chi connectivity index (χ2v) is 4.61. The van der Waals surface area contributed by atoms with Gasteiger partial charge in [0.15, 0.2) is 0 Å². The summed E-state index contributed by atoms with van der Waals surface area (Å²) in [5.41, 5.74) is 8.85. The van der Waals surface area contributed by atoms with Crippen LogP contribution in [0.5, 0.6) is 5.75 Å². The van der Waals surface area contributed by atoms with Crippen LogP contribution >= 0.6 is 0 Å². The number of hydrogen-bond acceptors (Lipinski definition) is 3. The maximum atomic E-state index is 11.1. The van der Waals surface area contributed by atoms with E-state index in [9.17, 15) is 4.79 Å². The molecule has 0 fully saturated rings. The van der Waals surface area contributed by atoms with Crippen LogP contribution in [0, 0.1) is 6.92 Å². The molecule has 4 heteroatoms. The normalized spacial score (nSPS) is 10.1. The first-order valence-corrected chi connectivity index (χ1v) is 6.37. The van der Waals surface area contributed by atoms with Crippen molar-refractivity contribution in [1.29, 1.82) is 0 Å². The van der Waals surface area contributed by atoms with E-state index in [0.29, 0.717) is 12.1 Å². The summed E-state index contributed by atoms with van der Waals surface area (Å²) < 4.78 is 5.34. The first-order valence-electron chi connectivity index (χ1n) is 6.37. The number of methoxy groups -OCH3 is 1. The van der Waals surface area contributed by atoms with E-state index in [0.717, 1.165) is 17.0 Å². The minimum atomic E-state index is -0.429. The van der Waals surface area contributed by atoms with Gasteiger partial charge in [0.25, 0.3) is 0 Å². The topological polar surface area (TPSA) is 64.3 Å². The highest BCUT2D eigenvalue weighted by molar-refractivity contribution is 5.93. The number of carbonyl (C=O) groups is 1. The first kappa shape index (κ1) is 13.9. The van der Waals surface area contributed by atoms with Gasteiger partial charge in [-0.3, -0.25) is 4.79 Å². The van der Waals surface area contributed by atoms with Crippen molar-refractivity contribution in [3.63, 3.8) is 0 Å². The van der Waals surface area contributed by atoms with E-state index in [2.05, 4.69) is 11.4 Å². The lowest BCUT2D eigenvalue weighted by Gasteiger charge is -2.12. The van der Waals surface area contributed by atoms with Gasteiger partial charge in [0.1, 0.15) is 5.75 Å². The molecule has 0 atom stereocenters. The van der Waals surface area contributed by atoms with Gasteiger partial charge in [0.2, 0.25) is 5.91 Å². The van der Waals surface area contributed by atoms with E-state index < -0.39 is 5.91 Å². The Morgan fingerprint density at radius 1 is 1.25 bits per heavy atom. The van der Waals surface area contributed by atoms with Crippen LogP contribution in [0.3, 0.4) is 0 Å². The van der Waals surface area contributed by atoms with Gasteiger partial charge in [0.05, 0.1) is 7.11 Å². The van der Waals surface area contributed by atoms with Crippen LogP contribution in [-0.2, 0) is 6.54 Å². The van der Waals surface area contributed by atoms with Gasteiger partial charge in [0, 0.05) is 23.4 Å². The molecule has 0 unspecified atom stereocenters. The van der Waals surface area contributed by atoms with Crippen LogP contribution < -0.4 is 15.8 Å². The molecule has 4 nitrogen and oxygen atoms in total. The van der Waals surface area contributed by atoms with Gasteiger partial charge in [-0.2, -0.15) is 0 Å². The zero-order chi connectivity index (χ0) is 14.5. The number of aryl methyl sites for hydroxylation is 1. The standard InChI is InChI=1S/C16H18N2O2/c1-11-6-7-15(20-2)13(8-11)10-18-14-5-3-4-12(9-14)16(17)19/h3-9,18H,10H2,1-2H3,(H2,17,19). The molecule has 0 heterocycles. The summed E-state index contributed by atoms with van der Waals surface area (Å²) in [6, 6.07) is 13.2. The number of nitrogens with two attached hydrogens (primary N) is 1. The molecule has 1 amide bonds. The highest BCUT2D eigenvalue weighted by Gasteiger charge is 2.04. The van der Waals surface area contributed by atoms with Crippen molar-refractivity contribution in [1.82, 2.24) is 0 Å². The Morgan fingerprint density at radius 3 is 2.75 bits per heavy atom. The van der Waals surface area contributed by atoms with Crippen LogP contribution in [0.15, 0.2) is 42.5 Å². The van der Waals surface area contributed by atoms with Gasteiger partial charge in [-0.05, 0) is 31.2 Å². The largest absolute Gasteiger partial charge is 0.496 e. The zero-order valence-electron chi connectivity index (χ0n) is 11.6. The lowest BCUT2D eigenvalue weighted by molar-refractivity contribution is 0.100. The molecule has 3 N–H and O–H groups in total. The molecule has 0 bridgehead atoms. The summed E-state index contributed by atoms with van der Waals surface area (Å²) in [5, 5.41) is 3.27. The fourth-order valence-corrected chi connectivity index (χ4v) is 2.03. The summed E-state index contributed by atoms with van der Waals surface area (Å²) in [6.07, 6.45) is 0. The Hall–Kier alpha value is -2.49. The van der Waals surface area contributed by atoms with Crippen LogP contribution in [0.1, 0.15) is 21.5 Å². The molecule has 104 valence electrons. The molecule has 0 aliphatic carbocycles. The maximum Gasteiger partial charge on any atom is 0.248 e. The van der Waals surface area contributed by atoms with E-state index >= 15 is 0 Å². The molecule has 0 aliphatic heterocycles. The Bertz CT molecular complexity index is 624. The van der Waals surface area contributed by atoms with Crippen molar-refractivity contribution in [3.8, 4) is 5.75 Å². The van der Waals surface area contributed by atoms with Gasteiger partial charge in [-0.15, -0.1) is 0 Å². The predicted octanol–water partition coefficient (Wildman–Crippen LogP) is 2.71. The minimum Gasteiger partial charge on any atom is -0.496 e. The van der Waals surface area contributed by atoms with Gasteiger partial charge in [-0.25, -0.2) is 0 Å². The van der Waals surface area contributed by atoms with Crippen LogP contribution in [0.25, 0.3) is 0 Å². The molecule has 0 spiro atoms. The van der Waals surface area contributed by atoms with E-state index in [1.165, 1.54) is 5.56 Å². The number of nitrogens with one attached hydrogen (secondary N) is 1. The quantitative estimate of drug-likeness (QED) is 0.878. The smallest absolute Gasteiger partial charge is 0.248 e. The van der Waals surface area contributed by atoms with Crippen molar-refractivity contribution in [2.45, 2.75) is 13.5 Å². The third-order valence-electron chi connectivity index (χ3n) is 3.07. The molecule has 0 aromatic heterocycles. The zero-order valence-corrected chi connectivity index (χ0v) is 11.6. The van der Waals surface area contributed by atoms with Gasteiger partial charge < -0.3 is 15.8 Å². The SMILES string of the molecule is COc1ccc(C)cc1CNc1cccc(C(N)=O)c1. The van der Waals surface area contributed by atoms with Crippen molar-refractivity contribution in [3.05, 3.63) is 59.2 Å². The molecule has 0 radical (unpaired) electrons. The summed E-state index contributed by atoms with van der Waals surface area (Å²) in [6.45, 7) is 2.66. The molecule has 20 heavy (non-hydrogen) atoms. The fraction of sp³-hybridized carbons (Fsp3) is 0.188. The number of ether oxygens (including phenoxy) is 1. The molecule has 0 aliphatic rings. The Balaban J connectivity index is 2.14. The second kappa shape index (κ2) is 6.10. The molecule has 2 aromatic carbocycles. The third-order valence-corrected chi connectivity index (χ3v) is 3.07. The van der Waals surface area contributed by atoms with Crippen molar-refractivity contribution >= 4 is 11.6 Å². The number of anilines is 1. The average Bonchev–Trinajstić information content (AvgIpc) is 2.45. The van der Waals surface area contributed by atoms with Gasteiger partial charge in [-0.1, -0.05) is 23.8 Å². The first-order chi connectivity index (χ1) is 9.60. The minimum absolute atomic E-state index is 0.429. The fourth-order valence-electron chi connectivity index (χ4n) is 2.03.